The molecule has 0 aromatic heterocycles. The molecule has 5 nitrogen and oxygen atoms in total. The van der Waals surface area contributed by atoms with Gasteiger partial charge in [-0.15, -0.1) is 0 Å². The average molecular weight is 334 g/mol. The summed E-state index contributed by atoms with van der Waals surface area (Å²) >= 11 is 0. The summed E-state index contributed by atoms with van der Waals surface area (Å²) in [4.78, 5) is 15.2. The standard InChI is InChI=1S/C19H30N2O3/c1-5-21(18(22)23)16-9-11-20(12-10-16)14-15-7-6-8-17(13-15)24-19(2,3)4/h6-8,13,16H,5,9-12,14H2,1-4H3,(H,22,23). The first-order chi connectivity index (χ1) is 11.3. The van der Waals surface area contributed by atoms with Crippen LogP contribution in [0.3, 0.4) is 0 Å². The second kappa shape index (κ2) is 7.88. The van der Waals surface area contributed by atoms with Gasteiger partial charge in [-0.05, 0) is 58.2 Å². The number of nitrogens with zero attached hydrogens (tertiary/aromatic N) is 2. The van der Waals surface area contributed by atoms with E-state index in [-0.39, 0.29) is 11.6 Å². The maximum atomic E-state index is 11.3. The van der Waals surface area contributed by atoms with Crippen molar-refractivity contribution in [1.29, 1.82) is 0 Å². The lowest BCUT2D eigenvalue weighted by atomic mass is 10.0. The molecule has 1 saturated heterocycles. The molecule has 5 heteroatoms. The van der Waals surface area contributed by atoms with Gasteiger partial charge in [0.2, 0.25) is 0 Å². The van der Waals surface area contributed by atoms with Crippen LogP contribution in [0.25, 0.3) is 0 Å². The van der Waals surface area contributed by atoms with Crippen LogP contribution >= 0.6 is 0 Å². The van der Waals surface area contributed by atoms with Gasteiger partial charge in [0.15, 0.2) is 0 Å². The van der Waals surface area contributed by atoms with Crippen LogP contribution in [0.2, 0.25) is 0 Å². The molecule has 0 unspecified atom stereocenters. The number of benzene rings is 1. The summed E-state index contributed by atoms with van der Waals surface area (Å²) in [5.41, 5.74) is 1.04. The van der Waals surface area contributed by atoms with Crippen molar-refractivity contribution in [2.45, 2.75) is 58.7 Å². The van der Waals surface area contributed by atoms with Crippen molar-refractivity contribution >= 4 is 6.09 Å². The van der Waals surface area contributed by atoms with E-state index in [0.717, 1.165) is 38.2 Å². The summed E-state index contributed by atoms with van der Waals surface area (Å²) in [5, 5.41) is 9.25. The van der Waals surface area contributed by atoms with Crippen LogP contribution in [0.1, 0.15) is 46.1 Å². The summed E-state index contributed by atoms with van der Waals surface area (Å²) in [5.74, 6) is 0.901. The van der Waals surface area contributed by atoms with Gasteiger partial charge in [-0.1, -0.05) is 12.1 Å². The number of ether oxygens (including phenoxy) is 1. The molecule has 1 aliphatic heterocycles. The van der Waals surface area contributed by atoms with Crippen LogP contribution < -0.4 is 4.74 Å². The van der Waals surface area contributed by atoms with E-state index >= 15 is 0 Å². The first kappa shape index (κ1) is 18.6. The summed E-state index contributed by atoms with van der Waals surface area (Å²) in [6.45, 7) is 11.4. The van der Waals surface area contributed by atoms with E-state index in [2.05, 4.69) is 17.0 Å². The number of likely N-dealkylation sites (tertiary alicyclic amines) is 1. The highest BCUT2D eigenvalue weighted by atomic mass is 16.5. The van der Waals surface area contributed by atoms with E-state index in [4.69, 9.17) is 4.74 Å². The van der Waals surface area contributed by atoms with Crippen LogP contribution in [-0.2, 0) is 6.54 Å². The van der Waals surface area contributed by atoms with E-state index < -0.39 is 6.09 Å². The van der Waals surface area contributed by atoms with Crippen LogP contribution in [0.4, 0.5) is 4.79 Å². The quantitative estimate of drug-likeness (QED) is 0.889. The van der Waals surface area contributed by atoms with Crippen molar-refractivity contribution in [1.82, 2.24) is 9.80 Å². The molecule has 0 radical (unpaired) electrons. The van der Waals surface area contributed by atoms with Crippen molar-refractivity contribution in [3.63, 3.8) is 0 Å². The minimum absolute atomic E-state index is 0.152. The van der Waals surface area contributed by atoms with Gasteiger partial charge in [-0.25, -0.2) is 4.79 Å². The molecule has 1 fully saturated rings. The largest absolute Gasteiger partial charge is 0.488 e. The Balaban J connectivity index is 1.90. The lowest BCUT2D eigenvalue weighted by Crippen LogP contribution is -2.46. The van der Waals surface area contributed by atoms with Crippen molar-refractivity contribution in [2.75, 3.05) is 19.6 Å². The van der Waals surface area contributed by atoms with Crippen molar-refractivity contribution in [3.05, 3.63) is 29.8 Å². The molecule has 24 heavy (non-hydrogen) atoms. The Labute approximate surface area is 145 Å². The first-order valence-corrected chi connectivity index (χ1v) is 8.78. The highest BCUT2D eigenvalue weighted by Crippen LogP contribution is 2.22. The Kier molecular flexibility index (Phi) is 6.10. The van der Waals surface area contributed by atoms with Gasteiger partial charge in [0, 0.05) is 32.2 Å². The molecule has 0 bridgehead atoms. The number of piperidine rings is 1. The Morgan fingerprint density at radius 1 is 1.33 bits per heavy atom. The van der Waals surface area contributed by atoms with Gasteiger partial charge in [-0.3, -0.25) is 4.90 Å². The number of hydrogen-bond acceptors (Lipinski definition) is 3. The molecule has 0 atom stereocenters. The molecule has 0 aliphatic carbocycles. The van der Waals surface area contributed by atoms with Gasteiger partial charge in [-0.2, -0.15) is 0 Å². The fraction of sp³-hybridized carbons (Fsp3) is 0.632. The Hall–Kier alpha value is -1.75. The van der Waals surface area contributed by atoms with E-state index in [9.17, 15) is 9.90 Å². The van der Waals surface area contributed by atoms with E-state index in [1.54, 1.807) is 4.90 Å². The second-order valence-corrected chi connectivity index (χ2v) is 7.44. The number of carbonyl (C=O) groups is 1. The molecular weight excluding hydrogens is 304 g/mol. The van der Waals surface area contributed by atoms with Gasteiger partial charge in [0.05, 0.1) is 0 Å². The molecule has 1 N–H and O–H groups in total. The van der Waals surface area contributed by atoms with Gasteiger partial charge >= 0.3 is 6.09 Å². The van der Waals surface area contributed by atoms with Crippen LogP contribution in [-0.4, -0.2) is 52.3 Å². The number of carboxylic acid groups (broad SMARTS) is 1. The normalized spacial score (nSPS) is 16.8. The lowest BCUT2D eigenvalue weighted by Gasteiger charge is -2.36. The third-order valence-electron chi connectivity index (χ3n) is 4.31. The molecule has 134 valence electrons. The summed E-state index contributed by atoms with van der Waals surface area (Å²) in [6, 6.07) is 8.41. The molecule has 0 spiro atoms. The molecule has 2 rings (SSSR count). The minimum Gasteiger partial charge on any atom is -0.488 e. The van der Waals surface area contributed by atoms with Crippen molar-refractivity contribution in [2.24, 2.45) is 0 Å². The van der Waals surface area contributed by atoms with Crippen molar-refractivity contribution < 1.29 is 14.6 Å². The topological polar surface area (TPSA) is 53.0 Å². The van der Waals surface area contributed by atoms with E-state index in [1.807, 2.05) is 39.8 Å². The minimum atomic E-state index is -0.803. The summed E-state index contributed by atoms with van der Waals surface area (Å²) < 4.78 is 5.93. The maximum Gasteiger partial charge on any atom is 0.407 e. The molecule has 1 aromatic rings. The number of amides is 1. The SMILES string of the molecule is CCN(C(=O)O)C1CCN(Cc2cccc(OC(C)(C)C)c2)CC1. The molecule has 1 amide bonds. The maximum absolute atomic E-state index is 11.3. The third kappa shape index (κ3) is 5.41. The number of rotatable bonds is 5. The Bertz CT molecular complexity index is 546. The predicted octanol–water partition coefficient (Wildman–Crippen LogP) is 3.83. The summed E-state index contributed by atoms with van der Waals surface area (Å²) in [6.07, 6.45) is 0.999. The Morgan fingerprint density at radius 3 is 2.54 bits per heavy atom. The molecule has 1 aliphatic rings. The third-order valence-corrected chi connectivity index (χ3v) is 4.31. The lowest BCUT2D eigenvalue weighted by molar-refractivity contribution is 0.0915. The zero-order chi connectivity index (χ0) is 17.7. The highest BCUT2D eigenvalue weighted by Gasteiger charge is 2.26. The second-order valence-electron chi connectivity index (χ2n) is 7.44. The zero-order valence-electron chi connectivity index (χ0n) is 15.3. The van der Waals surface area contributed by atoms with Crippen molar-refractivity contribution in [3.8, 4) is 5.75 Å². The molecule has 1 aromatic carbocycles. The number of hydrogen-bond donors (Lipinski definition) is 1. The molecular formula is C19H30N2O3. The average Bonchev–Trinajstić information content (AvgIpc) is 2.48. The fourth-order valence-electron chi connectivity index (χ4n) is 3.26. The van der Waals surface area contributed by atoms with Gasteiger partial charge < -0.3 is 14.7 Å². The fourth-order valence-corrected chi connectivity index (χ4v) is 3.26. The molecule has 1 heterocycles. The van der Waals surface area contributed by atoms with Crippen LogP contribution in [0.15, 0.2) is 24.3 Å². The Morgan fingerprint density at radius 2 is 2.00 bits per heavy atom. The van der Waals surface area contributed by atoms with Crippen LogP contribution in [0.5, 0.6) is 5.75 Å². The predicted molar refractivity (Wildman–Crippen MR) is 95.5 cm³/mol. The van der Waals surface area contributed by atoms with Gasteiger partial charge in [0.1, 0.15) is 11.4 Å². The zero-order valence-corrected chi connectivity index (χ0v) is 15.3. The monoisotopic (exact) mass is 334 g/mol. The highest BCUT2D eigenvalue weighted by molar-refractivity contribution is 5.65. The van der Waals surface area contributed by atoms with Crippen LogP contribution in [0, 0.1) is 0 Å². The smallest absolute Gasteiger partial charge is 0.407 e. The van der Waals surface area contributed by atoms with E-state index in [1.165, 1.54) is 5.56 Å². The first-order valence-electron chi connectivity index (χ1n) is 8.78. The molecule has 0 saturated carbocycles. The van der Waals surface area contributed by atoms with Gasteiger partial charge in [0.25, 0.3) is 0 Å². The summed E-state index contributed by atoms with van der Waals surface area (Å²) in [7, 11) is 0. The van der Waals surface area contributed by atoms with E-state index in [0.29, 0.717) is 6.54 Å².